The van der Waals surface area contributed by atoms with Crippen molar-refractivity contribution < 1.29 is 14.7 Å². The third-order valence-corrected chi connectivity index (χ3v) is 3.26. The van der Waals surface area contributed by atoms with Crippen molar-refractivity contribution in [1.82, 2.24) is 0 Å². The third-order valence-electron chi connectivity index (χ3n) is 3.26. The van der Waals surface area contributed by atoms with E-state index in [1.807, 2.05) is 42.5 Å². The van der Waals surface area contributed by atoms with Crippen LogP contribution in [0.25, 0.3) is 0 Å². The quantitative estimate of drug-likeness (QED) is 0.795. The van der Waals surface area contributed by atoms with Gasteiger partial charge in [-0.25, -0.2) is 0 Å². The minimum atomic E-state index is -1.02. The minimum absolute atomic E-state index is 0.0607. The molecule has 0 unspecified atom stereocenters. The molecule has 0 bridgehead atoms. The fraction of sp³-hybridized carbons (Fsp3) is 0.176. The standard InChI is InChI=1S/C17H17NO3/c18-15(17(20)21)10-12-6-8-13(9-7-12)11-16(19)14-4-2-1-3-5-14/h1-9,15H,10-11,18H2,(H,20,21)/t15-/m1/s1. The second-order valence-corrected chi connectivity index (χ2v) is 4.93. The molecule has 0 amide bonds. The lowest BCUT2D eigenvalue weighted by Gasteiger charge is -2.07. The smallest absolute Gasteiger partial charge is 0.320 e. The average molecular weight is 283 g/mol. The lowest BCUT2D eigenvalue weighted by Crippen LogP contribution is -2.32. The zero-order valence-electron chi connectivity index (χ0n) is 11.5. The maximum atomic E-state index is 12.1. The molecule has 3 N–H and O–H groups in total. The van der Waals surface area contributed by atoms with Crippen molar-refractivity contribution in [3.63, 3.8) is 0 Å². The summed E-state index contributed by atoms with van der Waals surface area (Å²) in [4.78, 5) is 22.8. The van der Waals surface area contributed by atoms with E-state index in [1.165, 1.54) is 0 Å². The molecule has 0 aliphatic heterocycles. The molecule has 0 radical (unpaired) electrons. The highest BCUT2D eigenvalue weighted by Gasteiger charge is 2.12. The normalized spacial score (nSPS) is 11.9. The van der Waals surface area contributed by atoms with Gasteiger partial charge in [0.15, 0.2) is 5.78 Å². The lowest BCUT2D eigenvalue weighted by atomic mass is 10.00. The van der Waals surface area contributed by atoms with Crippen LogP contribution in [0.2, 0.25) is 0 Å². The van der Waals surface area contributed by atoms with Gasteiger partial charge in [0.2, 0.25) is 0 Å². The first-order valence-corrected chi connectivity index (χ1v) is 6.70. The maximum absolute atomic E-state index is 12.1. The Hall–Kier alpha value is -2.46. The predicted molar refractivity (Wildman–Crippen MR) is 80.2 cm³/mol. The number of benzene rings is 2. The van der Waals surface area contributed by atoms with Crippen molar-refractivity contribution in [2.75, 3.05) is 0 Å². The van der Waals surface area contributed by atoms with E-state index in [-0.39, 0.29) is 12.2 Å². The van der Waals surface area contributed by atoms with Crippen LogP contribution >= 0.6 is 0 Å². The third kappa shape index (κ3) is 4.26. The van der Waals surface area contributed by atoms with Gasteiger partial charge in [-0.3, -0.25) is 9.59 Å². The van der Waals surface area contributed by atoms with Crippen molar-refractivity contribution in [2.45, 2.75) is 18.9 Å². The van der Waals surface area contributed by atoms with Crippen LogP contribution < -0.4 is 5.73 Å². The summed E-state index contributed by atoms with van der Waals surface area (Å²) >= 11 is 0. The number of carbonyl (C=O) groups excluding carboxylic acids is 1. The van der Waals surface area contributed by atoms with E-state index in [9.17, 15) is 9.59 Å². The molecular weight excluding hydrogens is 266 g/mol. The van der Waals surface area contributed by atoms with Crippen LogP contribution in [-0.4, -0.2) is 22.9 Å². The Morgan fingerprint density at radius 1 is 0.952 bits per heavy atom. The molecule has 0 saturated carbocycles. The minimum Gasteiger partial charge on any atom is -0.480 e. The second kappa shape index (κ2) is 6.81. The first kappa shape index (κ1) is 14.9. The molecule has 2 aromatic carbocycles. The summed E-state index contributed by atoms with van der Waals surface area (Å²) in [5.41, 5.74) is 7.93. The Balaban J connectivity index is 2.00. The number of Topliss-reactive ketones (excluding diaryl/α,β-unsaturated/α-hetero) is 1. The number of carboxylic acids is 1. The molecule has 0 heterocycles. The number of nitrogens with two attached hydrogens (primary N) is 1. The van der Waals surface area contributed by atoms with Crippen molar-refractivity contribution >= 4 is 11.8 Å². The summed E-state index contributed by atoms with van der Waals surface area (Å²) in [5.74, 6) is -0.955. The van der Waals surface area contributed by atoms with Crippen LogP contribution in [0.4, 0.5) is 0 Å². The first-order valence-electron chi connectivity index (χ1n) is 6.70. The van der Waals surface area contributed by atoms with Crippen molar-refractivity contribution in [1.29, 1.82) is 0 Å². The number of ketones is 1. The number of carboxylic acid groups (broad SMARTS) is 1. The molecule has 21 heavy (non-hydrogen) atoms. The van der Waals surface area contributed by atoms with Gasteiger partial charge in [-0.1, -0.05) is 54.6 Å². The molecule has 0 saturated heterocycles. The fourth-order valence-electron chi connectivity index (χ4n) is 2.05. The molecule has 0 fully saturated rings. The fourth-order valence-corrected chi connectivity index (χ4v) is 2.05. The van der Waals surface area contributed by atoms with E-state index in [0.29, 0.717) is 12.0 Å². The van der Waals surface area contributed by atoms with Gasteiger partial charge in [-0.2, -0.15) is 0 Å². The largest absolute Gasteiger partial charge is 0.480 e. The average Bonchev–Trinajstić information content (AvgIpc) is 2.50. The molecule has 108 valence electrons. The Bertz CT molecular complexity index is 620. The van der Waals surface area contributed by atoms with Gasteiger partial charge in [0, 0.05) is 12.0 Å². The summed E-state index contributed by atoms with van der Waals surface area (Å²) in [6.45, 7) is 0. The predicted octanol–water partition coefficient (Wildman–Crippen LogP) is 2.07. The highest BCUT2D eigenvalue weighted by Crippen LogP contribution is 2.10. The van der Waals surface area contributed by atoms with E-state index in [4.69, 9.17) is 10.8 Å². The molecule has 0 aliphatic carbocycles. The number of hydrogen-bond donors (Lipinski definition) is 2. The summed E-state index contributed by atoms with van der Waals surface area (Å²) < 4.78 is 0. The molecule has 2 rings (SSSR count). The zero-order valence-corrected chi connectivity index (χ0v) is 11.5. The Kier molecular flexibility index (Phi) is 4.85. The van der Waals surface area contributed by atoms with E-state index < -0.39 is 12.0 Å². The number of aliphatic carboxylic acids is 1. The topological polar surface area (TPSA) is 80.4 Å². The van der Waals surface area contributed by atoms with Gasteiger partial charge < -0.3 is 10.8 Å². The Morgan fingerprint density at radius 3 is 2.10 bits per heavy atom. The van der Waals surface area contributed by atoms with Crippen LogP contribution in [0.15, 0.2) is 54.6 Å². The van der Waals surface area contributed by atoms with Gasteiger partial charge in [-0.15, -0.1) is 0 Å². The number of hydrogen-bond acceptors (Lipinski definition) is 3. The van der Waals surface area contributed by atoms with Gasteiger partial charge in [-0.05, 0) is 17.5 Å². The molecular formula is C17H17NO3. The van der Waals surface area contributed by atoms with Gasteiger partial charge in [0.05, 0.1) is 0 Å². The van der Waals surface area contributed by atoms with Gasteiger partial charge in [0.25, 0.3) is 0 Å². The van der Waals surface area contributed by atoms with Crippen LogP contribution in [0, 0.1) is 0 Å². The molecule has 0 aromatic heterocycles. The van der Waals surface area contributed by atoms with Crippen LogP contribution in [0.3, 0.4) is 0 Å². The van der Waals surface area contributed by atoms with E-state index in [0.717, 1.165) is 11.1 Å². The number of rotatable bonds is 6. The molecule has 4 heteroatoms. The molecule has 2 aromatic rings. The second-order valence-electron chi connectivity index (χ2n) is 4.93. The van der Waals surface area contributed by atoms with E-state index in [2.05, 4.69) is 0 Å². The molecule has 1 atom stereocenters. The first-order chi connectivity index (χ1) is 10.1. The SMILES string of the molecule is N[C@H](Cc1ccc(CC(=O)c2ccccc2)cc1)C(=O)O. The molecule has 4 nitrogen and oxygen atoms in total. The van der Waals surface area contributed by atoms with Gasteiger partial charge >= 0.3 is 5.97 Å². The van der Waals surface area contributed by atoms with E-state index in [1.54, 1.807) is 12.1 Å². The number of carbonyl (C=O) groups is 2. The molecule has 0 aliphatic rings. The summed E-state index contributed by atoms with van der Waals surface area (Å²) in [7, 11) is 0. The maximum Gasteiger partial charge on any atom is 0.320 e. The van der Waals surface area contributed by atoms with Crippen LogP contribution in [0.5, 0.6) is 0 Å². The summed E-state index contributed by atoms with van der Waals surface area (Å²) in [6, 6.07) is 15.5. The van der Waals surface area contributed by atoms with Crippen molar-refractivity contribution in [3.8, 4) is 0 Å². The molecule has 0 spiro atoms. The monoisotopic (exact) mass is 283 g/mol. The van der Waals surface area contributed by atoms with Crippen molar-refractivity contribution in [3.05, 3.63) is 71.3 Å². The van der Waals surface area contributed by atoms with E-state index >= 15 is 0 Å². The summed E-state index contributed by atoms with van der Waals surface area (Å²) in [5, 5.41) is 8.77. The lowest BCUT2D eigenvalue weighted by molar-refractivity contribution is -0.138. The zero-order chi connectivity index (χ0) is 15.2. The Morgan fingerprint density at radius 2 is 1.52 bits per heavy atom. The van der Waals surface area contributed by atoms with Crippen LogP contribution in [-0.2, 0) is 17.6 Å². The Labute approximate surface area is 123 Å². The highest BCUT2D eigenvalue weighted by molar-refractivity contribution is 5.97. The summed E-state index contributed by atoms with van der Waals surface area (Å²) in [6.07, 6.45) is 0.609. The van der Waals surface area contributed by atoms with Gasteiger partial charge in [0.1, 0.15) is 6.04 Å². The highest BCUT2D eigenvalue weighted by atomic mass is 16.4. The van der Waals surface area contributed by atoms with Crippen molar-refractivity contribution in [2.24, 2.45) is 5.73 Å². The van der Waals surface area contributed by atoms with Crippen LogP contribution in [0.1, 0.15) is 21.5 Å².